The predicted octanol–water partition coefficient (Wildman–Crippen LogP) is 7.84. The van der Waals surface area contributed by atoms with Crippen molar-refractivity contribution in [3.8, 4) is 11.5 Å². The van der Waals surface area contributed by atoms with Gasteiger partial charge in [-0.3, -0.25) is 24.6 Å². The third-order valence-corrected chi connectivity index (χ3v) is 8.13. The van der Waals surface area contributed by atoms with Crippen LogP contribution in [0.25, 0.3) is 0 Å². The zero-order valence-electron chi connectivity index (χ0n) is 26.8. The van der Waals surface area contributed by atoms with E-state index in [0.29, 0.717) is 5.56 Å². The number of carbonyl (C=O) groups is 4. The van der Waals surface area contributed by atoms with E-state index in [1.165, 1.54) is 95.2 Å². The molecule has 2 aromatic rings. The second kappa shape index (κ2) is 20.2. The standard InChI is InChI=1S/C37H50N2O6/c1-2-3-4-5-6-7-8-9-10-11-12-13-14-15-16-18-23-30-26-35(42)39(37(30)44)38-34(41)28-45-31-24-25-32(33(40)27-31)36(43)29-21-19-17-20-22-29/h17-25,27,30,40H,2-16,26,28H2,1H3,(H,38,41). The van der Waals surface area contributed by atoms with Crippen molar-refractivity contribution in [3.05, 3.63) is 71.8 Å². The molecule has 0 radical (unpaired) electrons. The number of rotatable bonds is 22. The van der Waals surface area contributed by atoms with Crippen molar-refractivity contribution in [1.82, 2.24) is 10.4 Å². The monoisotopic (exact) mass is 618 g/mol. The highest BCUT2D eigenvalue weighted by atomic mass is 16.5. The van der Waals surface area contributed by atoms with Crippen LogP contribution in [0.2, 0.25) is 0 Å². The molecule has 3 amide bonds. The number of amides is 3. The molecular formula is C37H50N2O6. The molecule has 3 rings (SSSR count). The average Bonchev–Trinajstić information content (AvgIpc) is 3.31. The van der Waals surface area contributed by atoms with E-state index in [0.717, 1.165) is 24.3 Å². The number of hydrogen-bond donors (Lipinski definition) is 2. The Morgan fingerprint density at radius 2 is 1.47 bits per heavy atom. The average molecular weight is 619 g/mol. The van der Waals surface area contributed by atoms with Crippen molar-refractivity contribution in [1.29, 1.82) is 0 Å². The first kappa shape index (κ1) is 35.5. The van der Waals surface area contributed by atoms with E-state index in [4.69, 9.17) is 4.74 Å². The van der Waals surface area contributed by atoms with Gasteiger partial charge in [0, 0.05) is 18.1 Å². The van der Waals surface area contributed by atoms with E-state index >= 15 is 0 Å². The first-order chi connectivity index (χ1) is 21.9. The summed E-state index contributed by atoms with van der Waals surface area (Å²) in [6.45, 7) is 1.77. The van der Waals surface area contributed by atoms with E-state index in [1.807, 2.05) is 6.08 Å². The second-order valence-electron chi connectivity index (χ2n) is 11.9. The highest BCUT2D eigenvalue weighted by Crippen LogP contribution is 2.26. The van der Waals surface area contributed by atoms with Gasteiger partial charge in [-0.1, -0.05) is 133 Å². The van der Waals surface area contributed by atoms with Gasteiger partial charge in [0.1, 0.15) is 11.5 Å². The van der Waals surface area contributed by atoms with Crippen molar-refractivity contribution in [2.24, 2.45) is 5.92 Å². The van der Waals surface area contributed by atoms with Crippen molar-refractivity contribution in [2.75, 3.05) is 6.61 Å². The van der Waals surface area contributed by atoms with Gasteiger partial charge in [0.2, 0.25) is 5.91 Å². The number of aromatic hydroxyl groups is 1. The van der Waals surface area contributed by atoms with Crippen LogP contribution in [0.5, 0.6) is 11.5 Å². The van der Waals surface area contributed by atoms with Gasteiger partial charge >= 0.3 is 0 Å². The molecule has 1 aliphatic heterocycles. The largest absolute Gasteiger partial charge is 0.507 e. The van der Waals surface area contributed by atoms with E-state index in [1.54, 1.807) is 36.4 Å². The zero-order valence-corrected chi connectivity index (χ0v) is 26.8. The van der Waals surface area contributed by atoms with Crippen molar-refractivity contribution < 1.29 is 29.0 Å². The number of phenolic OH excluding ortho intramolecular Hbond substituents is 1. The molecule has 1 saturated heterocycles. The van der Waals surface area contributed by atoms with E-state index < -0.39 is 30.2 Å². The van der Waals surface area contributed by atoms with E-state index in [9.17, 15) is 24.3 Å². The van der Waals surface area contributed by atoms with Crippen LogP contribution in [0, 0.1) is 5.92 Å². The number of allylic oxidation sites excluding steroid dienone is 1. The van der Waals surface area contributed by atoms with Crippen LogP contribution in [0.3, 0.4) is 0 Å². The quantitative estimate of drug-likeness (QED) is 0.0602. The molecule has 0 aromatic heterocycles. The van der Waals surface area contributed by atoms with Gasteiger partial charge < -0.3 is 9.84 Å². The maximum absolute atomic E-state index is 12.7. The molecule has 1 aliphatic rings. The lowest BCUT2D eigenvalue weighted by Gasteiger charge is -2.16. The molecule has 0 aliphatic carbocycles. The normalized spacial score (nSPS) is 14.8. The summed E-state index contributed by atoms with van der Waals surface area (Å²) in [6, 6.07) is 12.7. The molecule has 1 unspecified atom stereocenters. The molecule has 1 atom stereocenters. The number of ether oxygens (including phenoxy) is 1. The number of hydrazine groups is 1. The molecule has 2 N–H and O–H groups in total. The van der Waals surface area contributed by atoms with Crippen molar-refractivity contribution >= 4 is 23.5 Å². The van der Waals surface area contributed by atoms with Crippen molar-refractivity contribution in [2.45, 2.75) is 110 Å². The fraction of sp³-hybridized carbons (Fsp3) is 0.514. The Bertz CT molecular complexity index is 1260. The third-order valence-electron chi connectivity index (χ3n) is 8.13. The Kier molecular flexibility index (Phi) is 15.9. The van der Waals surface area contributed by atoms with E-state index in [-0.39, 0.29) is 29.3 Å². The van der Waals surface area contributed by atoms with Crippen LogP contribution in [0.15, 0.2) is 60.7 Å². The lowest BCUT2D eigenvalue weighted by atomic mass is 10.0. The maximum Gasteiger partial charge on any atom is 0.276 e. The number of carbonyl (C=O) groups excluding carboxylic acids is 4. The SMILES string of the molecule is CCCCCCCCCCCCCCCCC=CC1CC(=O)N(NC(=O)COc2ccc(C(=O)c3ccccc3)c(O)c2)C1=O. The van der Waals surface area contributed by atoms with Gasteiger partial charge in [-0.25, -0.2) is 0 Å². The topological polar surface area (TPSA) is 113 Å². The molecule has 0 spiro atoms. The summed E-state index contributed by atoms with van der Waals surface area (Å²) in [5, 5.41) is 11.1. The van der Waals surface area contributed by atoms with Gasteiger partial charge in [0.05, 0.1) is 11.5 Å². The Balaban J connectivity index is 1.27. The molecule has 45 heavy (non-hydrogen) atoms. The minimum atomic E-state index is -0.687. The highest BCUT2D eigenvalue weighted by molar-refractivity contribution is 6.10. The molecule has 8 nitrogen and oxygen atoms in total. The lowest BCUT2D eigenvalue weighted by molar-refractivity contribution is -0.148. The fourth-order valence-corrected chi connectivity index (χ4v) is 5.48. The highest BCUT2D eigenvalue weighted by Gasteiger charge is 2.38. The predicted molar refractivity (Wildman–Crippen MR) is 176 cm³/mol. The first-order valence-corrected chi connectivity index (χ1v) is 16.8. The number of nitrogens with zero attached hydrogens (tertiary/aromatic N) is 1. The molecule has 0 saturated carbocycles. The summed E-state index contributed by atoms with van der Waals surface area (Å²) < 4.78 is 5.41. The molecule has 0 bridgehead atoms. The third kappa shape index (κ3) is 12.5. The Hall–Kier alpha value is -3.94. The summed E-state index contributed by atoms with van der Waals surface area (Å²) in [6.07, 6.45) is 22.9. The van der Waals surface area contributed by atoms with Gasteiger partial charge in [0.25, 0.3) is 11.8 Å². The molecule has 2 aromatic carbocycles. The summed E-state index contributed by atoms with van der Waals surface area (Å²) in [4.78, 5) is 50.1. The first-order valence-electron chi connectivity index (χ1n) is 16.8. The van der Waals surface area contributed by atoms with Crippen LogP contribution in [-0.2, 0) is 14.4 Å². The second-order valence-corrected chi connectivity index (χ2v) is 11.9. The van der Waals surface area contributed by atoms with Crippen LogP contribution >= 0.6 is 0 Å². The number of nitrogens with one attached hydrogen (secondary N) is 1. The Morgan fingerprint density at radius 3 is 2.07 bits per heavy atom. The summed E-state index contributed by atoms with van der Waals surface area (Å²) >= 11 is 0. The van der Waals surface area contributed by atoms with Crippen LogP contribution in [0.4, 0.5) is 0 Å². The molecular weight excluding hydrogens is 568 g/mol. The van der Waals surface area contributed by atoms with Crippen LogP contribution in [0.1, 0.15) is 126 Å². The number of unbranched alkanes of at least 4 members (excludes halogenated alkanes) is 14. The van der Waals surface area contributed by atoms with Gasteiger partial charge in [-0.2, -0.15) is 5.01 Å². The Labute approximate surface area is 268 Å². The minimum Gasteiger partial charge on any atom is -0.507 e. The fourth-order valence-electron chi connectivity index (χ4n) is 5.48. The maximum atomic E-state index is 12.7. The zero-order chi connectivity index (χ0) is 32.3. The smallest absolute Gasteiger partial charge is 0.276 e. The number of ketones is 1. The number of hydrogen-bond acceptors (Lipinski definition) is 6. The number of benzene rings is 2. The number of imide groups is 1. The van der Waals surface area contributed by atoms with E-state index in [2.05, 4.69) is 12.3 Å². The molecule has 1 heterocycles. The summed E-state index contributed by atoms with van der Waals surface area (Å²) in [5.74, 6) is -2.67. The number of phenols is 1. The van der Waals surface area contributed by atoms with Gasteiger partial charge in [0.15, 0.2) is 12.4 Å². The van der Waals surface area contributed by atoms with Gasteiger partial charge in [-0.05, 0) is 25.0 Å². The van der Waals surface area contributed by atoms with Crippen molar-refractivity contribution in [3.63, 3.8) is 0 Å². The molecule has 8 heteroatoms. The van der Waals surface area contributed by atoms with Gasteiger partial charge in [-0.15, -0.1) is 0 Å². The lowest BCUT2D eigenvalue weighted by Crippen LogP contribution is -2.47. The molecule has 1 fully saturated rings. The minimum absolute atomic E-state index is 0.0139. The van der Waals surface area contributed by atoms with Crippen LogP contribution < -0.4 is 10.2 Å². The Morgan fingerprint density at radius 1 is 0.867 bits per heavy atom. The molecule has 244 valence electrons. The summed E-state index contributed by atoms with van der Waals surface area (Å²) in [7, 11) is 0. The van der Waals surface area contributed by atoms with Crippen LogP contribution in [-0.4, -0.2) is 40.2 Å². The summed E-state index contributed by atoms with van der Waals surface area (Å²) in [5.41, 5.74) is 2.86.